The number of hydrogen-bond acceptors (Lipinski definition) is 3. The minimum atomic E-state index is 0.209. The second-order valence-corrected chi connectivity index (χ2v) is 4.07. The number of rotatable bonds is 5. The average molecular weight is 256 g/mol. The van der Waals surface area contributed by atoms with Gasteiger partial charge in [-0.2, -0.15) is 0 Å². The molecule has 3 heteroatoms. The highest BCUT2D eigenvalue weighted by Gasteiger charge is 2.06. The van der Waals surface area contributed by atoms with Gasteiger partial charge in [0.25, 0.3) is 0 Å². The Morgan fingerprint density at radius 1 is 1.11 bits per heavy atom. The summed E-state index contributed by atoms with van der Waals surface area (Å²) in [5.41, 5.74) is 1.12. The summed E-state index contributed by atoms with van der Waals surface area (Å²) in [4.78, 5) is 0. The number of methoxy groups -OCH3 is 1. The maximum atomic E-state index is 9.23. The third-order valence-electron chi connectivity index (χ3n) is 2.67. The van der Waals surface area contributed by atoms with E-state index >= 15 is 0 Å². The molecule has 0 radical (unpaired) electrons. The molecule has 0 bridgehead atoms. The molecule has 0 aliphatic carbocycles. The number of aromatic hydroxyl groups is 1. The van der Waals surface area contributed by atoms with Crippen molar-refractivity contribution in [1.29, 1.82) is 0 Å². The Balaban J connectivity index is 2.24. The van der Waals surface area contributed by atoms with Crippen LogP contribution in [0.1, 0.15) is 5.56 Å². The molecule has 3 nitrogen and oxygen atoms in total. The van der Waals surface area contributed by atoms with Gasteiger partial charge in [-0.25, -0.2) is 0 Å². The van der Waals surface area contributed by atoms with Crippen LogP contribution in [-0.4, -0.2) is 12.2 Å². The van der Waals surface area contributed by atoms with Crippen molar-refractivity contribution in [1.82, 2.24) is 0 Å². The molecule has 19 heavy (non-hydrogen) atoms. The molecule has 2 rings (SSSR count). The van der Waals surface area contributed by atoms with Gasteiger partial charge in [-0.3, -0.25) is 0 Å². The van der Waals surface area contributed by atoms with E-state index in [2.05, 4.69) is 6.58 Å². The third kappa shape index (κ3) is 3.28. The van der Waals surface area contributed by atoms with Crippen LogP contribution in [0, 0.1) is 0 Å². The first-order chi connectivity index (χ1) is 9.22. The van der Waals surface area contributed by atoms with Crippen molar-refractivity contribution in [3.05, 3.63) is 60.7 Å². The zero-order chi connectivity index (χ0) is 13.7. The highest BCUT2D eigenvalue weighted by atomic mass is 16.5. The fourth-order valence-corrected chi connectivity index (χ4v) is 1.73. The first kappa shape index (κ1) is 13.0. The van der Waals surface area contributed by atoms with Gasteiger partial charge in [-0.1, -0.05) is 12.1 Å². The molecule has 0 unspecified atom stereocenters. The topological polar surface area (TPSA) is 38.7 Å². The van der Waals surface area contributed by atoms with Gasteiger partial charge in [0.2, 0.25) is 0 Å². The predicted octanol–water partition coefficient (Wildman–Crippen LogP) is 3.92. The van der Waals surface area contributed by atoms with Crippen molar-refractivity contribution >= 4 is 0 Å². The molecule has 1 N–H and O–H groups in total. The van der Waals surface area contributed by atoms with Crippen LogP contribution in [0.25, 0.3) is 0 Å². The van der Waals surface area contributed by atoms with Gasteiger partial charge in [0, 0.05) is 0 Å². The van der Waals surface area contributed by atoms with Crippen molar-refractivity contribution in [2.45, 2.75) is 6.42 Å². The van der Waals surface area contributed by atoms with Crippen molar-refractivity contribution < 1.29 is 14.6 Å². The number of phenolic OH excluding ortho intramolecular Hbond substituents is 1. The fraction of sp³-hybridized carbons (Fsp3) is 0.125. The summed E-state index contributed by atoms with van der Waals surface area (Å²) in [6.45, 7) is 3.71. The molecule has 2 aromatic carbocycles. The van der Waals surface area contributed by atoms with Gasteiger partial charge in [0.15, 0.2) is 11.5 Å². The molecule has 0 amide bonds. The van der Waals surface area contributed by atoms with Crippen molar-refractivity contribution in [2.24, 2.45) is 0 Å². The van der Waals surface area contributed by atoms with Gasteiger partial charge in [0.1, 0.15) is 11.5 Å². The van der Waals surface area contributed by atoms with E-state index in [4.69, 9.17) is 9.47 Å². The van der Waals surface area contributed by atoms with Crippen molar-refractivity contribution in [3.63, 3.8) is 0 Å². The van der Waals surface area contributed by atoms with E-state index in [1.807, 2.05) is 24.3 Å². The Bertz CT molecular complexity index is 559. The normalized spacial score (nSPS) is 9.95. The quantitative estimate of drug-likeness (QED) is 0.824. The minimum absolute atomic E-state index is 0.209. The van der Waals surface area contributed by atoms with E-state index < -0.39 is 0 Å². The number of allylic oxidation sites excluding steroid dienone is 1. The van der Waals surface area contributed by atoms with Crippen LogP contribution in [0.3, 0.4) is 0 Å². The lowest BCUT2D eigenvalue weighted by Crippen LogP contribution is -1.92. The second kappa shape index (κ2) is 5.96. The molecular weight excluding hydrogens is 240 g/mol. The maximum absolute atomic E-state index is 9.23. The lowest BCUT2D eigenvalue weighted by atomic mass is 10.1. The highest BCUT2D eigenvalue weighted by molar-refractivity contribution is 5.46. The maximum Gasteiger partial charge on any atom is 0.169 e. The Morgan fingerprint density at radius 3 is 2.47 bits per heavy atom. The molecule has 0 atom stereocenters. The van der Waals surface area contributed by atoms with Crippen LogP contribution in [-0.2, 0) is 6.42 Å². The largest absolute Gasteiger partial charge is 0.508 e. The molecule has 0 saturated heterocycles. The second-order valence-electron chi connectivity index (χ2n) is 4.07. The first-order valence-electron chi connectivity index (χ1n) is 5.97. The van der Waals surface area contributed by atoms with Gasteiger partial charge in [-0.15, -0.1) is 6.58 Å². The smallest absolute Gasteiger partial charge is 0.169 e. The molecule has 2 aromatic rings. The molecule has 0 spiro atoms. The van der Waals surface area contributed by atoms with E-state index in [-0.39, 0.29) is 5.75 Å². The molecular formula is C16H16O3. The van der Waals surface area contributed by atoms with Crippen molar-refractivity contribution in [2.75, 3.05) is 7.11 Å². The first-order valence-corrected chi connectivity index (χ1v) is 5.97. The van der Waals surface area contributed by atoms with E-state index in [0.29, 0.717) is 17.2 Å². The van der Waals surface area contributed by atoms with E-state index in [1.54, 1.807) is 31.4 Å². The zero-order valence-corrected chi connectivity index (χ0v) is 10.8. The standard InChI is InChI=1S/C16H16O3/c1-3-4-12-5-10-15(16(11-12)18-2)19-14-8-6-13(17)7-9-14/h3,5-11,17H,1,4H2,2H3. The van der Waals surface area contributed by atoms with Crippen LogP contribution >= 0.6 is 0 Å². The summed E-state index contributed by atoms with van der Waals surface area (Å²) in [5.74, 6) is 2.17. The van der Waals surface area contributed by atoms with Gasteiger partial charge in [0.05, 0.1) is 7.11 Å². The summed E-state index contributed by atoms with van der Waals surface area (Å²) >= 11 is 0. The van der Waals surface area contributed by atoms with E-state index in [0.717, 1.165) is 12.0 Å². The number of benzene rings is 2. The summed E-state index contributed by atoms with van der Waals surface area (Å²) in [6, 6.07) is 12.3. The Kier molecular flexibility index (Phi) is 4.08. The molecule has 0 aliphatic heterocycles. The van der Waals surface area contributed by atoms with Gasteiger partial charge < -0.3 is 14.6 Å². The molecule has 0 heterocycles. The van der Waals surface area contributed by atoms with Crippen molar-refractivity contribution in [3.8, 4) is 23.0 Å². The number of ether oxygens (including phenoxy) is 2. The molecule has 98 valence electrons. The number of phenols is 1. The lowest BCUT2D eigenvalue weighted by molar-refractivity contribution is 0.378. The molecule has 0 aromatic heterocycles. The molecule has 0 fully saturated rings. The Hall–Kier alpha value is -2.42. The highest BCUT2D eigenvalue weighted by Crippen LogP contribution is 2.32. The fourth-order valence-electron chi connectivity index (χ4n) is 1.73. The SMILES string of the molecule is C=CCc1ccc(Oc2ccc(O)cc2)c(OC)c1. The monoisotopic (exact) mass is 256 g/mol. The minimum Gasteiger partial charge on any atom is -0.508 e. The van der Waals surface area contributed by atoms with E-state index in [1.165, 1.54) is 0 Å². The Labute approximate surface area is 112 Å². The van der Waals surface area contributed by atoms with Crippen LogP contribution in [0.2, 0.25) is 0 Å². The van der Waals surface area contributed by atoms with Crippen LogP contribution in [0.4, 0.5) is 0 Å². The average Bonchev–Trinajstić information content (AvgIpc) is 2.43. The van der Waals surface area contributed by atoms with Crippen LogP contribution in [0.15, 0.2) is 55.1 Å². The van der Waals surface area contributed by atoms with Crippen LogP contribution < -0.4 is 9.47 Å². The Morgan fingerprint density at radius 2 is 1.84 bits per heavy atom. The summed E-state index contributed by atoms with van der Waals surface area (Å²) < 4.78 is 11.0. The number of hydrogen-bond donors (Lipinski definition) is 1. The molecule has 0 saturated carbocycles. The summed E-state index contributed by atoms with van der Waals surface area (Å²) in [5, 5.41) is 9.23. The summed E-state index contributed by atoms with van der Waals surface area (Å²) in [7, 11) is 1.61. The van der Waals surface area contributed by atoms with E-state index in [9.17, 15) is 5.11 Å². The molecule has 0 aliphatic rings. The zero-order valence-electron chi connectivity index (χ0n) is 10.8. The van der Waals surface area contributed by atoms with Gasteiger partial charge >= 0.3 is 0 Å². The summed E-state index contributed by atoms with van der Waals surface area (Å²) in [6.07, 6.45) is 2.63. The van der Waals surface area contributed by atoms with Crippen LogP contribution in [0.5, 0.6) is 23.0 Å². The van der Waals surface area contributed by atoms with Gasteiger partial charge in [-0.05, 0) is 48.4 Å². The predicted molar refractivity (Wildman–Crippen MR) is 75.1 cm³/mol. The third-order valence-corrected chi connectivity index (χ3v) is 2.67. The lowest BCUT2D eigenvalue weighted by Gasteiger charge is -2.11.